The Balaban J connectivity index is 1.38. The van der Waals surface area contributed by atoms with E-state index >= 15 is 0 Å². The lowest BCUT2D eigenvalue weighted by Gasteiger charge is -2.37. The van der Waals surface area contributed by atoms with Crippen LogP contribution in [0, 0.1) is 11.7 Å². The molecule has 2 aromatic rings. The number of hydrogen-bond donors (Lipinski definition) is 0. The molecule has 0 aliphatic carbocycles. The Morgan fingerprint density at radius 3 is 2.35 bits per heavy atom. The Morgan fingerprint density at radius 1 is 0.968 bits per heavy atom. The lowest BCUT2D eigenvalue weighted by atomic mass is 10.1. The molecule has 0 radical (unpaired) electrons. The van der Waals surface area contributed by atoms with Crippen molar-refractivity contribution in [2.24, 2.45) is 5.92 Å². The summed E-state index contributed by atoms with van der Waals surface area (Å²) in [6.45, 7) is 1.60. The van der Waals surface area contributed by atoms with E-state index in [2.05, 4.69) is 0 Å². The van der Waals surface area contributed by atoms with Crippen molar-refractivity contribution in [3.63, 3.8) is 0 Å². The summed E-state index contributed by atoms with van der Waals surface area (Å²) in [5, 5.41) is 0. The van der Waals surface area contributed by atoms with Gasteiger partial charge in [0, 0.05) is 44.8 Å². The van der Waals surface area contributed by atoms with Crippen LogP contribution in [0.3, 0.4) is 0 Å². The van der Waals surface area contributed by atoms with Gasteiger partial charge in [-0.15, -0.1) is 0 Å². The molecular formula is C22H21F4N3O2. The quantitative estimate of drug-likeness (QED) is 0.693. The van der Waals surface area contributed by atoms with E-state index in [1.165, 1.54) is 29.2 Å². The van der Waals surface area contributed by atoms with E-state index in [9.17, 15) is 27.2 Å². The summed E-state index contributed by atoms with van der Waals surface area (Å²) >= 11 is 0. The van der Waals surface area contributed by atoms with Gasteiger partial charge in [0.2, 0.25) is 11.8 Å². The molecule has 0 spiro atoms. The van der Waals surface area contributed by atoms with Gasteiger partial charge in [0.15, 0.2) is 0 Å². The van der Waals surface area contributed by atoms with Crippen LogP contribution in [0.4, 0.5) is 28.9 Å². The maximum Gasteiger partial charge on any atom is 0.416 e. The third-order valence-corrected chi connectivity index (χ3v) is 5.75. The second kappa shape index (κ2) is 8.20. The maximum atomic E-state index is 14.0. The van der Waals surface area contributed by atoms with Gasteiger partial charge in [0.25, 0.3) is 0 Å². The van der Waals surface area contributed by atoms with Gasteiger partial charge in [-0.2, -0.15) is 13.2 Å². The molecule has 2 fully saturated rings. The third-order valence-electron chi connectivity index (χ3n) is 5.75. The normalized spacial score (nSPS) is 19.8. The van der Waals surface area contributed by atoms with Gasteiger partial charge in [0.1, 0.15) is 5.82 Å². The Hall–Kier alpha value is -3.10. The van der Waals surface area contributed by atoms with Crippen molar-refractivity contribution in [3.05, 3.63) is 59.9 Å². The van der Waals surface area contributed by atoms with Crippen molar-refractivity contribution in [2.75, 3.05) is 42.5 Å². The molecule has 164 valence electrons. The highest BCUT2D eigenvalue weighted by molar-refractivity contribution is 6.00. The summed E-state index contributed by atoms with van der Waals surface area (Å²) in [4.78, 5) is 30.0. The number of benzene rings is 2. The van der Waals surface area contributed by atoms with Crippen molar-refractivity contribution < 1.29 is 27.2 Å². The number of piperazine rings is 1. The van der Waals surface area contributed by atoms with Gasteiger partial charge < -0.3 is 14.7 Å². The minimum atomic E-state index is -4.41. The predicted molar refractivity (Wildman–Crippen MR) is 107 cm³/mol. The Morgan fingerprint density at radius 2 is 1.68 bits per heavy atom. The first-order valence-corrected chi connectivity index (χ1v) is 10.00. The van der Waals surface area contributed by atoms with E-state index in [-0.39, 0.29) is 30.5 Å². The predicted octanol–water partition coefficient (Wildman–Crippen LogP) is 3.55. The summed E-state index contributed by atoms with van der Waals surface area (Å²) in [7, 11) is 0. The van der Waals surface area contributed by atoms with E-state index in [1.807, 2.05) is 4.90 Å². The maximum absolute atomic E-state index is 14.0. The first-order chi connectivity index (χ1) is 14.7. The molecule has 0 N–H and O–H groups in total. The lowest BCUT2D eigenvalue weighted by Crippen LogP contribution is -2.50. The minimum Gasteiger partial charge on any atom is -0.368 e. The largest absolute Gasteiger partial charge is 0.416 e. The molecule has 2 amide bonds. The van der Waals surface area contributed by atoms with Crippen molar-refractivity contribution in [2.45, 2.75) is 12.6 Å². The van der Waals surface area contributed by atoms with E-state index in [0.717, 1.165) is 12.1 Å². The number of anilines is 2. The summed E-state index contributed by atoms with van der Waals surface area (Å²) in [5.41, 5.74) is -0.0814. The third kappa shape index (κ3) is 4.35. The van der Waals surface area contributed by atoms with Gasteiger partial charge in [-0.3, -0.25) is 9.59 Å². The molecule has 0 aromatic heterocycles. The molecule has 0 saturated carbocycles. The first-order valence-electron chi connectivity index (χ1n) is 10.00. The summed E-state index contributed by atoms with van der Waals surface area (Å²) in [6, 6.07) is 11.1. The van der Waals surface area contributed by atoms with Crippen molar-refractivity contribution in [1.82, 2.24) is 4.90 Å². The van der Waals surface area contributed by atoms with Crippen LogP contribution in [0.15, 0.2) is 48.5 Å². The molecule has 0 bridgehead atoms. The Kier molecular flexibility index (Phi) is 5.60. The average molecular weight is 435 g/mol. The number of carbonyl (C=O) groups excluding carboxylic acids is 2. The smallest absolute Gasteiger partial charge is 0.368 e. The lowest BCUT2D eigenvalue weighted by molar-refractivity contribution is -0.137. The molecule has 2 aromatic carbocycles. The van der Waals surface area contributed by atoms with E-state index in [1.54, 1.807) is 17.0 Å². The summed E-state index contributed by atoms with van der Waals surface area (Å²) in [6.07, 6.45) is -4.39. The topological polar surface area (TPSA) is 43.9 Å². The summed E-state index contributed by atoms with van der Waals surface area (Å²) < 4.78 is 52.9. The first kappa shape index (κ1) is 21.1. The van der Waals surface area contributed by atoms with Crippen LogP contribution in [0.5, 0.6) is 0 Å². The van der Waals surface area contributed by atoms with Crippen LogP contribution in [0.2, 0.25) is 0 Å². The Bertz CT molecular complexity index is 987. The fourth-order valence-corrected chi connectivity index (χ4v) is 4.10. The van der Waals surface area contributed by atoms with Gasteiger partial charge in [-0.05, 0) is 30.3 Å². The van der Waals surface area contributed by atoms with Crippen molar-refractivity contribution in [3.8, 4) is 0 Å². The van der Waals surface area contributed by atoms with Crippen molar-refractivity contribution >= 4 is 23.2 Å². The average Bonchev–Trinajstić information content (AvgIpc) is 3.14. The molecule has 4 rings (SSSR count). The molecule has 2 heterocycles. The molecule has 1 unspecified atom stereocenters. The molecule has 9 heteroatoms. The van der Waals surface area contributed by atoms with E-state index in [0.29, 0.717) is 31.9 Å². The highest BCUT2D eigenvalue weighted by Gasteiger charge is 2.39. The molecule has 1 atom stereocenters. The van der Waals surface area contributed by atoms with E-state index in [4.69, 9.17) is 0 Å². The SMILES string of the molecule is O=C(C1CC(=O)N(c2ccccc2F)C1)N1CCN(c2cccc(C(F)(F)F)c2)CC1. The number of rotatable bonds is 3. The van der Waals surface area contributed by atoms with Crippen LogP contribution < -0.4 is 9.80 Å². The number of halogens is 4. The number of nitrogens with zero attached hydrogens (tertiary/aromatic N) is 3. The zero-order chi connectivity index (χ0) is 22.2. The molecule has 31 heavy (non-hydrogen) atoms. The molecular weight excluding hydrogens is 414 g/mol. The number of hydrogen-bond acceptors (Lipinski definition) is 3. The minimum absolute atomic E-state index is 0.0149. The standard InChI is InChI=1S/C22H21F4N3O2/c23-18-6-1-2-7-19(18)29-14-15(12-20(29)30)21(31)28-10-8-27(9-11-28)17-5-3-4-16(13-17)22(24,25)26/h1-7,13,15H,8-12,14H2. The van der Waals surface area contributed by atoms with Crippen LogP contribution in [0.1, 0.15) is 12.0 Å². The van der Waals surface area contributed by atoms with Crippen LogP contribution in [-0.4, -0.2) is 49.4 Å². The van der Waals surface area contributed by atoms with Gasteiger partial charge in [-0.25, -0.2) is 4.39 Å². The van der Waals surface area contributed by atoms with E-state index < -0.39 is 23.5 Å². The molecule has 2 aliphatic heterocycles. The number of alkyl halides is 3. The second-order valence-corrected chi connectivity index (χ2v) is 7.72. The molecule has 5 nitrogen and oxygen atoms in total. The highest BCUT2D eigenvalue weighted by Crippen LogP contribution is 2.32. The Labute approximate surface area is 176 Å². The number of carbonyl (C=O) groups is 2. The highest BCUT2D eigenvalue weighted by atomic mass is 19.4. The molecule has 2 saturated heterocycles. The number of amides is 2. The van der Waals surface area contributed by atoms with Crippen LogP contribution >= 0.6 is 0 Å². The number of para-hydroxylation sites is 1. The van der Waals surface area contributed by atoms with Gasteiger partial charge in [-0.1, -0.05) is 18.2 Å². The fourth-order valence-electron chi connectivity index (χ4n) is 4.10. The second-order valence-electron chi connectivity index (χ2n) is 7.72. The van der Waals surface area contributed by atoms with Crippen LogP contribution in [0.25, 0.3) is 0 Å². The zero-order valence-corrected chi connectivity index (χ0v) is 16.6. The van der Waals surface area contributed by atoms with Gasteiger partial charge >= 0.3 is 6.18 Å². The molecule has 2 aliphatic rings. The zero-order valence-electron chi connectivity index (χ0n) is 16.6. The van der Waals surface area contributed by atoms with Gasteiger partial charge in [0.05, 0.1) is 17.2 Å². The monoisotopic (exact) mass is 435 g/mol. The summed E-state index contributed by atoms with van der Waals surface area (Å²) in [5.74, 6) is -1.56. The van der Waals surface area contributed by atoms with Crippen molar-refractivity contribution in [1.29, 1.82) is 0 Å². The van der Waals surface area contributed by atoms with Crippen LogP contribution in [-0.2, 0) is 15.8 Å². The fraction of sp³-hybridized carbons (Fsp3) is 0.364.